The minimum atomic E-state index is 0.674. The van der Waals surface area contributed by atoms with E-state index in [2.05, 4.69) is 28.4 Å². The Morgan fingerprint density at radius 3 is 2.72 bits per heavy atom. The number of aryl methyl sites for hydroxylation is 3. The molecule has 6 nitrogen and oxygen atoms in total. The summed E-state index contributed by atoms with van der Waals surface area (Å²) < 4.78 is 13.3. The van der Waals surface area contributed by atoms with Crippen LogP contribution in [0.3, 0.4) is 0 Å². The molecule has 25 heavy (non-hydrogen) atoms. The summed E-state index contributed by atoms with van der Waals surface area (Å²) in [5, 5.41) is 8.07. The number of fused-ring (bicyclic) bond motifs is 2. The molecule has 0 atom stereocenters. The number of rotatable bonds is 3. The number of anilines is 1. The number of benzene rings is 1. The van der Waals surface area contributed by atoms with Gasteiger partial charge in [0.2, 0.25) is 0 Å². The Morgan fingerprint density at radius 1 is 1.08 bits per heavy atom. The molecule has 0 saturated carbocycles. The highest BCUT2D eigenvalue weighted by molar-refractivity contribution is 5.56. The van der Waals surface area contributed by atoms with Crippen molar-refractivity contribution >= 4 is 11.5 Å². The van der Waals surface area contributed by atoms with Crippen molar-refractivity contribution in [1.82, 2.24) is 14.6 Å². The Morgan fingerprint density at radius 2 is 1.88 bits per heavy atom. The minimum Gasteiger partial charge on any atom is -0.490 e. The van der Waals surface area contributed by atoms with E-state index in [-0.39, 0.29) is 0 Å². The van der Waals surface area contributed by atoms with Crippen molar-refractivity contribution in [2.75, 3.05) is 18.5 Å². The summed E-state index contributed by atoms with van der Waals surface area (Å²) in [6, 6.07) is 8.10. The fourth-order valence-electron chi connectivity index (χ4n) is 2.99. The predicted molar refractivity (Wildman–Crippen MR) is 96.6 cm³/mol. The zero-order chi connectivity index (χ0) is 17.4. The number of nitrogens with one attached hydrogen (secondary N) is 1. The van der Waals surface area contributed by atoms with E-state index in [1.807, 2.05) is 36.6 Å². The van der Waals surface area contributed by atoms with Gasteiger partial charge in [0.25, 0.3) is 0 Å². The molecular formula is C19H22N4O2. The second-order valence-corrected chi connectivity index (χ2v) is 6.41. The Labute approximate surface area is 146 Å². The maximum absolute atomic E-state index is 5.77. The first kappa shape index (κ1) is 15.7. The van der Waals surface area contributed by atoms with Crippen LogP contribution in [0, 0.1) is 20.8 Å². The van der Waals surface area contributed by atoms with Gasteiger partial charge in [-0.2, -0.15) is 9.61 Å². The maximum Gasteiger partial charge on any atom is 0.161 e. The second kappa shape index (κ2) is 6.27. The Hall–Kier alpha value is -2.76. The van der Waals surface area contributed by atoms with Crippen LogP contribution in [0.5, 0.6) is 11.5 Å². The van der Waals surface area contributed by atoms with Crippen molar-refractivity contribution in [3.8, 4) is 11.5 Å². The van der Waals surface area contributed by atoms with Crippen LogP contribution in [0.15, 0.2) is 24.3 Å². The van der Waals surface area contributed by atoms with Crippen LogP contribution in [0.1, 0.15) is 28.9 Å². The van der Waals surface area contributed by atoms with E-state index in [1.54, 1.807) is 0 Å². The van der Waals surface area contributed by atoms with Gasteiger partial charge in [-0.1, -0.05) is 6.07 Å². The lowest BCUT2D eigenvalue weighted by molar-refractivity contribution is 0.297. The van der Waals surface area contributed by atoms with Gasteiger partial charge in [0.1, 0.15) is 5.82 Å². The van der Waals surface area contributed by atoms with Crippen LogP contribution < -0.4 is 14.8 Å². The lowest BCUT2D eigenvalue weighted by Crippen LogP contribution is -2.07. The van der Waals surface area contributed by atoms with Gasteiger partial charge in [-0.25, -0.2) is 4.98 Å². The standard InChI is InChI=1S/C19H22N4O2/c1-12-9-18(23-19(21-12)13(2)14(3)22-23)20-11-15-5-6-16-17(10-15)25-8-4-7-24-16/h5-6,9-10,20H,4,7-8,11H2,1-3H3. The highest BCUT2D eigenvalue weighted by Gasteiger charge is 2.13. The summed E-state index contributed by atoms with van der Waals surface area (Å²) in [5.74, 6) is 2.58. The lowest BCUT2D eigenvalue weighted by Gasteiger charge is -2.12. The van der Waals surface area contributed by atoms with Crippen molar-refractivity contribution in [1.29, 1.82) is 0 Å². The molecule has 0 amide bonds. The zero-order valence-electron chi connectivity index (χ0n) is 14.8. The van der Waals surface area contributed by atoms with Crippen molar-refractivity contribution < 1.29 is 9.47 Å². The number of nitrogens with zero attached hydrogens (tertiary/aromatic N) is 3. The number of ether oxygens (including phenoxy) is 2. The molecule has 0 saturated heterocycles. The van der Waals surface area contributed by atoms with E-state index in [0.717, 1.165) is 51.9 Å². The summed E-state index contributed by atoms with van der Waals surface area (Å²) in [4.78, 5) is 4.60. The fourth-order valence-corrected chi connectivity index (χ4v) is 2.99. The van der Waals surface area contributed by atoms with Crippen LogP contribution >= 0.6 is 0 Å². The van der Waals surface area contributed by atoms with Gasteiger partial charge in [-0.05, 0) is 38.5 Å². The predicted octanol–water partition coefficient (Wildman–Crippen LogP) is 3.43. The second-order valence-electron chi connectivity index (χ2n) is 6.41. The molecule has 130 valence electrons. The smallest absolute Gasteiger partial charge is 0.161 e. The van der Waals surface area contributed by atoms with Gasteiger partial charge in [-0.15, -0.1) is 0 Å². The largest absolute Gasteiger partial charge is 0.490 e. The SMILES string of the molecule is Cc1cc(NCc2ccc3c(c2)OCCCO3)n2nc(C)c(C)c2n1. The third kappa shape index (κ3) is 2.99. The van der Waals surface area contributed by atoms with E-state index < -0.39 is 0 Å². The molecule has 6 heteroatoms. The topological polar surface area (TPSA) is 60.7 Å². The highest BCUT2D eigenvalue weighted by Crippen LogP contribution is 2.30. The van der Waals surface area contributed by atoms with E-state index in [4.69, 9.17) is 9.47 Å². The molecular weight excluding hydrogens is 316 g/mol. The minimum absolute atomic E-state index is 0.674. The third-order valence-corrected chi connectivity index (χ3v) is 4.47. The third-order valence-electron chi connectivity index (χ3n) is 4.47. The molecule has 2 aromatic heterocycles. The Balaban J connectivity index is 1.60. The molecule has 1 aliphatic rings. The van der Waals surface area contributed by atoms with Crippen LogP contribution in [-0.2, 0) is 6.54 Å². The molecule has 0 fully saturated rings. The number of hydrogen-bond donors (Lipinski definition) is 1. The first-order chi connectivity index (χ1) is 12.1. The maximum atomic E-state index is 5.77. The van der Waals surface area contributed by atoms with Crippen LogP contribution in [-0.4, -0.2) is 27.8 Å². The lowest BCUT2D eigenvalue weighted by atomic mass is 10.2. The van der Waals surface area contributed by atoms with Gasteiger partial charge >= 0.3 is 0 Å². The van der Waals surface area contributed by atoms with Gasteiger partial charge in [0, 0.05) is 30.3 Å². The Bertz CT molecular complexity index is 933. The first-order valence-corrected chi connectivity index (χ1v) is 8.58. The van der Waals surface area contributed by atoms with Gasteiger partial charge in [-0.3, -0.25) is 0 Å². The molecule has 3 heterocycles. The van der Waals surface area contributed by atoms with E-state index in [9.17, 15) is 0 Å². The molecule has 0 radical (unpaired) electrons. The van der Waals surface area contributed by atoms with Gasteiger partial charge < -0.3 is 14.8 Å². The normalized spacial score (nSPS) is 13.7. The molecule has 1 aromatic carbocycles. The summed E-state index contributed by atoms with van der Waals surface area (Å²) in [7, 11) is 0. The summed E-state index contributed by atoms with van der Waals surface area (Å²) in [6.07, 6.45) is 0.911. The molecule has 1 aliphatic heterocycles. The molecule has 1 N–H and O–H groups in total. The van der Waals surface area contributed by atoms with Crippen LogP contribution in [0.2, 0.25) is 0 Å². The first-order valence-electron chi connectivity index (χ1n) is 8.58. The summed E-state index contributed by atoms with van der Waals surface area (Å²) in [5.41, 5.74) is 5.11. The van der Waals surface area contributed by atoms with E-state index in [1.165, 1.54) is 0 Å². The Kier molecular flexibility index (Phi) is 3.95. The van der Waals surface area contributed by atoms with Crippen molar-refractivity contribution in [3.05, 3.63) is 46.8 Å². The van der Waals surface area contributed by atoms with Gasteiger partial charge in [0.15, 0.2) is 17.1 Å². The summed E-state index contributed by atoms with van der Waals surface area (Å²) in [6.45, 7) is 8.13. The highest BCUT2D eigenvalue weighted by atomic mass is 16.5. The average Bonchev–Trinajstić information content (AvgIpc) is 2.78. The van der Waals surface area contributed by atoms with Crippen LogP contribution in [0.4, 0.5) is 5.82 Å². The molecule has 0 unspecified atom stereocenters. The monoisotopic (exact) mass is 338 g/mol. The number of hydrogen-bond acceptors (Lipinski definition) is 5. The van der Waals surface area contributed by atoms with Gasteiger partial charge in [0.05, 0.1) is 18.9 Å². The van der Waals surface area contributed by atoms with Crippen molar-refractivity contribution in [3.63, 3.8) is 0 Å². The molecule has 0 spiro atoms. The molecule has 0 bridgehead atoms. The summed E-state index contributed by atoms with van der Waals surface area (Å²) >= 11 is 0. The van der Waals surface area contributed by atoms with Crippen molar-refractivity contribution in [2.24, 2.45) is 0 Å². The van der Waals surface area contributed by atoms with Crippen molar-refractivity contribution in [2.45, 2.75) is 33.7 Å². The average molecular weight is 338 g/mol. The molecule has 0 aliphatic carbocycles. The fraction of sp³-hybridized carbons (Fsp3) is 0.368. The number of aromatic nitrogens is 3. The quantitative estimate of drug-likeness (QED) is 0.793. The molecule has 4 rings (SSSR count). The van der Waals surface area contributed by atoms with Crippen LogP contribution in [0.25, 0.3) is 5.65 Å². The van der Waals surface area contributed by atoms with E-state index >= 15 is 0 Å². The zero-order valence-corrected chi connectivity index (χ0v) is 14.8. The molecule has 3 aromatic rings. The van der Waals surface area contributed by atoms with E-state index in [0.29, 0.717) is 19.8 Å².